The van der Waals surface area contributed by atoms with E-state index in [0.29, 0.717) is 10.6 Å². The van der Waals surface area contributed by atoms with Crippen LogP contribution in [-0.4, -0.2) is 14.3 Å². The van der Waals surface area contributed by atoms with Gasteiger partial charge in [-0.15, -0.1) is 11.3 Å². The maximum absolute atomic E-state index is 12.5. The van der Waals surface area contributed by atoms with Crippen LogP contribution in [0.1, 0.15) is 21.5 Å². The van der Waals surface area contributed by atoms with Gasteiger partial charge in [-0.1, -0.05) is 23.8 Å². The zero-order valence-electron chi connectivity index (χ0n) is 14.3. The lowest BCUT2D eigenvalue weighted by Gasteiger charge is -2.10. The summed E-state index contributed by atoms with van der Waals surface area (Å²) in [5.41, 5.74) is 1.88. The number of hydrogen-bond acceptors (Lipinski definition) is 5. The summed E-state index contributed by atoms with van der Waals surface area (Å²) in [6.45, 7) is 1.87. The van der Waals surface area contributed by atoms with Crippen molar-refractivity contribution in [1.82, 2.24) is 0 Å². The Balaban J connectivity index is 1.80. The molecule has 27 heavy (non-hydrogen) atoms. The number of benzene rings is 2. The summed E-state index contributed by atoms with van der Waals surface area (Å²) in [5, 5.41) is 13.8. The summed E-state index contributed by atoms with van der Waals surface area (Å²) in [6, 6.07) is 16.3. The number of thiophene rings is 1. The lowest BCUT2D eigenvalue weighted by Crippen LogP contribution is -2.15. The van der Waals surface area contributed by atoms with Crippen LogP contribution in [0.3, 0.4) is 0 Å². The highest BCUT2D eigenvalue weighted by atomic mass is 32.2. The highest BCUT2D eigenvalue weighted by molar-refractivity contribution is 7.92. The molecule has 3 aromatic rings. The number of sulfonamides is 1. The molecule has 1 amide bonds. The molecule has 0 saturated heterocycles. The third-order valence-corrected chi connectivity index (χ3v) is 5.95. The normalized spacial score (nSPS) is 10.8. The number of carbonyl (C=O) groups is 1. The van der Waals surface area contributed by atoms with Crippen molar-refractivity contribution >= 4 is 38.0 Å². The van der Waals surface area contributed by atoms with Crippen molar-refractivity contribution in [2.24, 2.45) is 0 Å². The molecule has 0 spiro atoms. The molecule has 0 aliphatic rings. The zero-order chi connectivity index (χ0) is 19.4. The smallest absolute Gasteiger partial charge is 0.261 e. The molecule has 0 atom stereocenters. The number of anilines is 2. The molecule has 136 valence electrons. The summed E-state index contributed by atoms with van der Waals surface area (Å²) in [5.74, 6) is -0.426. The number of aryl methyl sites for hydroxylation is 1. The predicted octanol–water partition coefficient (Wildman–Crippen LogP) is 3.98. The molecule has 3 rings (SSSR count). The molecule has 2 aromatic carbocycles. The summed E-state index contributed by atoms with van der Waals surface area (Å²) in [7, 11) is -3.76. The van der Waals surface area contributed by atoms with Crippen LogP contribution in [-0.2, 0) is 10.0 Å². The Kier molecular flexibility index (Phi) is 5.26. The maximum Gasteiger partial charge on any atom is 0.261 e. The average molecular weight is 397 g/mol. The van der Waals surface area contributed by atoms with Crippen LogP contribution < -0.4 is 10.0 Å². The van der Waals surface area contributed by atoms with Crippen LogP contribution in [0, 0.1) is 18.3 Å². The van der Waals surface area contributed by atoms with E-state index in [1.165, 1.54) is 29.5 Å². The third kappa shape index (κ3) is 4.34. The molecule has 1 aromatic heterocycles. The van der Waals surface area contributed by atoms with Crippen molar-refractivity contribution in [3.63, 3.8) is 0 Å². The lowest BCUT2D eigenvalue weighted by atomic mass is 10.2. The Hall–Kier alpha value is -3.15. The highest BCUT2D eigenvalue weighted by Gasteiger charge is 2.16. The van der Waals surface area contributed by atoms with Gasteiger partial charge in [-0.25, -0.2) is 8.42 Å². The molecule has 0 bridgehead atoms. The van der Waals surface area contributed by atoms with Gasteiger partial charge >= 0.3 is 0 Å². The van der Waals surface area contributed by atoms with E-state index in [1.807, 2.05) is 13.0 Å². The SMILES string of the molecule is Cc1ccc(S(=O)(=O)Nc2cccc(C(=O)Nc3sccc3C#N)c2)cc1. The van der Waals surface area contributed by atoms with E-state index in [2.05, 4.69) is 10.0 Å². The number of hydrogen-bond donors (Lipinski definition) is 2. The Morgan fingerprint density at radius 2 is 1.85 bits per heavy atom. The van der Waals surface area contributed by atoms with Crippen LogP contribution >= 0.6 is 11.3 Å². The van der Waals surface area contributed by atoms with Gasteiger partial charge in [0.15, 0.2) is 0 Å². The molecular weight excluding hydrogens is 382 g/mol. The van der Waals surface area contributed by atoms with Crippen molar-refractivity contribution in [1.29, 1.82) is 5.26 Å². The van der Waals surface area contributed by atoms with Gasteiger partial charge in [0.25, 0.3) is 15.9 Å². The molecule has 8 heteroatoms. The molecule has 0 unspecified atom stereocenters. The number of nitriles is 1. The maximum atomic E-state index is 12.5. The molecule has 0 aliphatic heterocycles. The van der Waals surface area contributed by atoms with E-state index in [9.17, 15) is 13.2 Å². The minimum atomic E-state index is -3.76. The van der Waals surface area contributed by atoms with E-state index in [0.717, 1.165) is 5.56 Å². The first-order valence-corrected chi connectivity index (χ1v) is 10.2. The third-order valence-electron chi connectivity index (χ3n) is 3.72. The second kappa shape index (κ2) is 7.61. The van der Waals surface area contributed by atoms with Gasteiger partial charge in [-0.05, 0) is 48.7 Å². The number of nitrogens with zero attached hydrogens (tertiary/aromatic N) is 1. The fourth-order valence-corrected chi connectivity index (χ4v) is 4.11. The molecule has 0 radical (unpaired) electrons. The average Bonchev–Trinajstić information content (AvgIpc) is 3.09. The largest absolute Gasteiger partial charge is 0.312 e. The number of carbonyl (C=O) groups excluding carboxylic acids is 1. The Labute approximate surface area is 161 Å². The van der Waals surface area contributed by atoms with E-state index >= 15 is 0 Å². The first kappa shape index (κ1) is 18.6. The fraction of sp³-hybridized carbons (Fsp3) is 0.0526. The summed E-state index contributed by atoms with van der Waals surface area (Å²) in [4.78, 5) is 12.6. The van der Waals surface area contributed by atoms with E-state index in [-0.39, 0.29) is 16.1 Å². The monoisotopic (exact) mass is 397 g/mol. The molecule has 1 heterocycles. The molecule has 0 aliphatic carbocycles. The Bertz CT molecular complexity index is 1130. The molecule has 0 saturated carbocycles. The number of nitrogens with one attached hydrogen (secondary N) is 2. The van der Waals surface area contributed by atoms with Crippen LogP contribution in [0.15, 0.2) is 64.9 Å². The van der Waals surface area contributed by atoms with Crippen molar-refractivity contribution in [2.75, 3.05) is 10.0 Å². The zero-order valence-corrected chi connectivity index (χ0v) is 15.9. The minimum absolute atomic E-state index is 0.139. The van der Waals surface area contributed by atoms with E-state index in [4.69, 9.17) is 5.26 Å². The van der Waals surface area contributed by atoms with Crippen LogP contribution in [0.25, 0.3) is 0 Å². The first-order valence-electron chi connectivity index (χ1n) is 7.87. The summed E-state index contributed by atoms with van der Waals surface area (Å²) < 4.78 is 27.4. The van der Waals surface area contributed by atoms with Crippen molar-refractivity contribution in [2.45, 2.75) is 11.8 Å². The van der Waals surface area contributed by atoms with Gasteiger partial charge in [0.1, 0.15) is 11.1 Å². The van der Waals surface area contributed by atoms with E-state index in [1.54, 1.807) is 41.8 Å². The molecule has 0 fully saturated rings. The second-order valence-electron chi connectivity index (χ2n) is 5.73. The standard InChI is InChI=1S/C19H15N3O3S2/c1-13-5-7-17(8-6-13)27(24,25)22-16-4-2-3-14(11-16)18(23)21-19-15(12-20)9-10-26-19/h2-11,22H,1H3,(H,21,23). The summed E-state index contributed by atoms with van der Waals surface area (Å²) in [6.07, 6.45) is 0. The fourth-order valence-electron chi connectivity index (χ4n) is 2.32. The van der Waals surface area contributed by atoms with Gasteiger partial charge in [-0.3, -0.25) is 9.52 Å². The quantitative estimate of drug-likeness (QED) is 0.680. The van der Waals surface area contributed by atoms with Gasteiger partial charge in [0.05, 0.1) is 10.5 Å². The van der Waals surface area contributed by atoms with Crippen molar-refractivity contribution in [3.8, 4) is 6.07 Å². The number of amides is 1. The second-order valence-corrected chi connectivity index (χ2v) is 8.33. The Morgan fingerprint density at radius 3 is 2.56 bits per heavy atom. The van der Waals surface area contributed by atoms with Gasteiger partial charge in [0, 0.05) is 11.3 Å². The molecule has 2 N–H and O–H groups in total. The number of rotatable bonds is 5. The predicted molar refractivity (Wildman–Crippen MR) is 105 cm³/mol. The van der Waals surface area contributed by atoms with Crippen LogP contribution in [0.5, 0.6) is 0 Å². The molecular formula is C19H15N3O3S2. The van der Waals surface area contributed by atoms with E-state index < -0.39 is 15.9 Å². The van der Waals surface area contributed by atoms with Crippen molar-refractivity contribution in [3.05, 3.63) is 76.7 Å². The molecule has 6 nitrogen and oxygen atoms in total. The van der Waals surface area contributed by atoms with Gasteiger partial charge < -0.3 is 5.32 Å². The lowest BCUT2D eigenvalue weighted by molar-refractivity contribution is 0.102. The van der Waals surface area contributed by atoms with Gasteiger partial charge in [-0.2, -0.15) is 5.26 Å². The summed E-state index contributed by atoms with van der Waals surface area (Å²) >= 11 is 1.24. The van der Waals surface area contributed by atoms with Crippen LogP contribution in [0.4, 0.5) is 10.7 Å². The van der Waals surface area contributed by atoms with Crippen molar-refractivity contribution < 1.29 is 13.2 Å². The highest BCUT2D eigenvalue weighted by Crippen LogP contribution is 2.24. The van der Waals surface area contributed by atoms with Crippen LogP contribution in [0.2, 0.25) is 0 Å². The Morgan fingerprint density at radius 1 is 1.11 bits per heavy atom. The first-order chi connectivity index (χ1) is 12.9. The minimum Gasteiger partial charge on any atom is -0.312 e. The van der Waals surface area contributed by atoms with Gasteiger partial charge in [0.2, 0.25) is 0 Å². The topological polar surface area (TPSA) is 99.1 Å².